The summed E-state index contributed by atoms with van der Waals surface area (Å²) in [6, 6.07) is 17.9. The number of hydrogen-bond donors (Lipinski definition) is 2. The maximum Gasteiger partial charge on any atom is 0.328 e. The van der Waals surface area contributed by atoms with Crippen molar-refractivity contribution in [2.24, 2.45) is 17.8 Å². The van der Waals surface area contributed by atoms with E-state index in [9.17, 15) is 33.6 Å². The van der Waals surface area contributed by atoms with Crippen molar-refractivity contribution in [3.05, 3.63) is 94.5 Å². The van der Waals surface area contributed by atoms with E-state index >= 15 is 0 Å². The highest BCUT2D eigenvalue weighted by atomic mass is 16.5. The number of likely N-dealkylation sites (N-methyl/N-ethyl adjacent to an activating group) is 1. The van der Waals surface area contributed by atoms with Crippen LogP contribution in [0.15, 0.2) is 66.7 Å². The van der Waals surface area contributed by atoms with E-state index in [1.165, 1.54) is 76.8 Å². The second-order valence-electron chi connectivity index (χ2n) is 20.2. The predicted molar refractivity (Wildman–Crippen MR) is 279 cm³/mol. The molecule has 12 nitrogen and oxygen atoms in total. The van der Waals surface area contributed by atoms with Crippen LogP contribution in [-0.4, -0.2) is 78.8 Å². The third kappa shape index (κ3) is 18.9. The Morgan fingerprint density at radius 1 is 0.761 bits per heavy atom. The van der Waals surface area contributed by atoms with Crippen LogP contribution in [0.4, 0.5) is 0 Å². The van der Waals surface area contributed by atoms with Gasteiger partial charge in [-0.1, -0.05) is 158 Å². The molecule has 0 radical (unpaired) electrons. The lowest BCUT2D eigenvalue weighted by Gasteiger charge is -2.31. The molecular formula is C59H83N3O9. The van der Waals surface area contributed by atoms with Crippen LogP contribution >= 0.6 is 0 Å². The van der Waals surface area contributed by atoms with Crippen LogP contribution in [0, 0.1) is 31.6 Å². The lowest BCUT2D eigenvalue weighted by atomic mass is 9.87. The lowest BCUT2D eigenvalue weighted by Crippen LogP contribution is -2.46. The monoisotopic (exact) mass is 978 g/mol. The number of carbonyl (C=O) groups is 7. The van der Waals surface area contributed by atoms with Gasteiger partial charge in [-0.2, -0.15) is 0 Å². The molecule has 4 bridgehead atoms. The molecule has 12 heteroatoms. The van der Waals surface area contributed by atoms with Crippen molar-refractivity contribution < 1.29 is 43.0 Å². The Kier molecular flexibility index (Phi) is 24.9. The molecule has 0 aromatic heterocycles. The maximum absolute atomic E-state index is 14.4. The molecule has 1 heterocycles. The van der Waals surface area contributed by atoms with Gasteiger partial charge in [0.25, 0.3) is 0 Å². The summed E-state index contributed by atoms with van der Waals surface area (Å²) in [7, 11) is 2.79. The van der Waals surface area contributed by atoms with Crippen LogP contribution in [0.25, 0.3) is 11.1 Å². The summed E-state index contributed by atoms with van der Waals surface area (Å²) in [5, 5.41) is 5.60. The number of ether oxygens (including phenoxy) is 2. The van der Waals surface area contributed by atoms with Crippen LogP contribution in [0.3, 0.4) is 0 Å². The Morgan fingerprint density at radius 2 is 1.35 bits per heavy atom. The van der Waals surface area contributed by atoms with Gasteiger partial charge in [0.05, 0.1) is 32.3 Å². The highest BCUT2D eigenvalue weighted by molar-refractivity contribution is 5.97. The molecule has 4 rings (SSSR count). The van der Waals surface area contributed by atoms with Crippen molar-refractivity contribution in [2.45, 2.75) is 182 Å². The Morgan fingerprint density at radius 3 is 1.97 bits per heavy atom. The fourth-order valence-electron chi connectivity index (χ4n) is 9.49. The number of aryl methyl sites for hydroxylation is 2. The highest BCUT2D eigenvalue weighted by Gasteiger charge is 2.36. The Balaban J connectivity index is 1.41. The number of benzene rings is 3. The van der Waals surface area contributed by atoms with Crippen molar-refractivity contribution in [1.82, 2.24) is 15.5 Å². The number of carbonyl (C=O) groups excluding carboxylic acids is 7. The number of hydrogen-bond acceptors (Lipinski definition) is 9. The van der Waals surface area contributed by atoms with Crippen LogP contribution in [-0.2, 0) is 56.1 Å². The Bertz CT molecular complexity index is 2220. The highest BCUT2D eigenvalue weighted by Crippen LogP contribution is 2.34. The molecule has 388 valence electrons. The average molecular weight is 978 g/mol. The zero-order valence-electron chi connectivity index (χ0n) is 44.1. The smallest absolute Gasteiger partial charge is 0.328 e. The molecule has 0 fully saturated rings. The van der Waals surface area contributed by atoms with Gasteiger partial charge in [0, 0.05) is 51.0 Å². The van der Waals surface area contributed by atoms with Crippen molar-refractivity contribution in [2.75, 3.05) is 20.8 Å². The number of amides is 3. The van der Waals surface area contributed by atoms with Gasteiger partial charge in [-0.25, -0.2) is 4.79 Å². The van der Waals surface area contributed by atoms with E-state index in [0.29, 0.717) is 12.0 Å². The number of esters is 1. The first-order valence-corrected chi connectivity index (χ1v) is 26.4. The lowest BCUT2D eigenvalue weighted by molar-refractivity contribution is -0.146. The standard InChI is InChI=1S/C59H83N3O9/c1-9-10-11-12-13-14-15-16-17-18-19-20-24-27-49(63)36-48(39-71-38-45-25-22-21-23-26-45)57(67)60-44(6)53(64)33-43(5)58(68)62(7)55-47-31-29-41(3)51(37-47)50-34-46(30-28-40(50)2)35-52(59(69)70-8)61-56(66)42(4)32-54(55)65/h21-23,25-26,28-31,34,37,42-44,48,52,55H,9-20,24,27,32-33,35-36,38-39H2,1-8H3,(H,60,67)(H,61,66)/t42-,43-,44-,48-,52+,55+/m1/s1. The van der Waals surface area contributed by atoms with Gasteiger partial charge in [-0.05, 0) is 72.2 Å². The number of ketones is 3. The van der Waals surface area contributed by atoms with E-state index in [4.69, 9.17) is 9.47 Å². The van der Waals surface area contributed by atoms with E-state index in [-0.39, 0.29) is 50.5 Å². The fraction of sp³-hybridized carbons (Fsp3) is 0.576. The molecule has 2 N–H and O–H groups in total. The van der Waals surface area contributed by atoms with Crippen LogP contribution < -0.4 is 10.6 Å². The molecule has 0 saturated heterocycles. The summed E-state index contributed by atoms with van der Waals surface area (Å²) in [6.07, 6.45) is 15.8. The zero-order valence-corrected chi connectivity index (χ0v) is 44.1. The first kappa shape index (κ1) is 58.1. The molecule has 0 unspecified atom stereocenters. The molecule has 0 spiro atoms. The number of methoxy groups -OCH3 is 1. The minimum atomic E-state index is -1.11. The zero-order chi connectivity index (χ0) is 51.9. The van der Waals surface area contributed by atoms with Gasteiger partial charge in [0.15, 0.2) is 11.6 Å². The number of unbranched alkanes of at least 4 members (excludes halogenated alkanes) is 12. The summed E-state index contributed by atoms with van der Waals surface area (Å²) in [6.45, 7) is 11.2. The van der Waals surface area contributed by atoms with Crippen LogP contribution in [0.1, 0.15) is 171 Å². The largest absolute Gasteiger partial charge is 0.467 e. The third-order valence-electron chi connectivity index (χ3n) is 14.0. The second-order valence-corrected chi connectivity index (χ2v) is 20.2. The minimum absolute atomic E-state index is 0.00104. The summed E-state index contributed by atoms with van der Waals surface area (Å²) in [4.78, 5) is 97.5. The third-order valence-corrected chi connectivity index (χ3v) is 14.0. The molecule has 6 atom stereocenters. The predicted octanol–water partition coefficient (Wildman–Crippen LogP) is 10.7. The van der Waals surface area contributed by atoms with Gasteiger partial charge in [-0.3, -0.25) is 28.8 Å². The van der Waals surface area contributed by atoms with E-state index in [0.717, 1.165) is 59.1 Å². The molecular weight excluding hydrogens is 895 g/mol. The molecule has 1 aliphatic heterocycles. The van der Waals surface area contributed by atoms with Gasteiger partial charge < -0.3 is 25.0 Å². The SMILES string of the molecule is CCCCCCCCCCCCCCCC(=O)C[C@H](COCc1ccccc1)C(=O)N[C@H](C)C(=O)C[C@@H](C)C(=O)N(C)[C@@H]1C(=O)C[C@@H](C)C(=O)N[C@H](C(=O)OC)Cc2ccc(C)c(c2)-c2cc1ccc2C. The van der Waals surface area contributed by atoms with Gasteiger partial charge in [0.1, 0.15) is 17.9 Å². The van der Waals surface area contributed by atoms with Crippen LogP contribution in [0.2, 0.25) is 0 Å². The van der Waals surface area contributed by atoms with Crippen molar-refractivity contribution in [1.29, 1.82) is 0 Å². The summed E-state index contributed by atoms with van der Waals surface area (Å²) in [5.41, 5.74) is 5.91. The summed E-state index contributed by atoms with van der Waals surface area (Å²) >= 11 is 0. The molecule has 3 amide bonds. The second kappa shape index (κ2) is 30.4. The normalized spacial score (nSPS) is 17.3. The van der Waals surface area contributed by atoms with Gasteiger partial charge in [-0.15, -0.1) is 0 Å². The van der Waals surface area contributed by atoms with E-state index in [1.807, 2.05) is 80.6 Å². The summed E-state index contributed by atoms with van der Waals surface area (Å²) in [5.74, 6) is -5.39. The Labute approximate surface area is 424 Å². The van der Waals surface area contributed by atoms with E-state index in [1.54, 1.807) is 20.8 Å². The van der Waals surface area contributed by atoms with Gasteiger partial charge in [0.2, 0.25) is 17.7 Å². The van der Waals surface area contributed by atoms with Crippen molar-refractivity contribution in [3.8, 4) is 11.1 Å². The minimum Gasteiger partial charge on any atom is -0.467 e. The number of nitrogens with zero attached hydrogens (tertiary/aromatic N) is 1. The first-order valence-electron chi connectivity index (χ1n) is 26.4. The van der Waals surface area contributed by atoms with Crippen molar-refractivity contribution >= 4 is 41.0 Å². The van der Waals surface area contributed by atoms with Crippen molar-refractivity contribution in [3.63, 3.8) is 0 Å². The number of fused-ring (bicyclic) bond motifs is 5. The molecule has 0 saturated carbocycles. The van der Waals surface area contributed by atoms with Gasteiger partial charge >= 0.3 is 5.97 Å². The number of nitrogens with one attached hydrogen (secondary N) is 2. The summed E-state index contributed by atoms with van der Waals surface area (Å²) < 4.78 is 11.0. The molecule has 3 aromatic rings. The van der Waals surface area contributed by atoms with Crippen LogP contribution in [0.5, 0.6) is 0 Å². The van der Waals surface area contributed by atoms with E-state index in [2.05, 4.69) is 17.6 Å². The first-order chi connectivity index (χ1) is 34.0. The fourth-order valence-corrected chi connectivity index (χ4v) is 9.49. The topological polar surface area (TPSA) is 165 Å². The van der Waals surface area contributed by atoms with E-state index < -0.39 is 65.4 Å². The average Bonchev–Trinajstić information content (AvgIpc) is 3.35. The molecule has 0 aliphatic carbocycles. The molecule has 1 aliphatic rings. The maximum atomic E-state index is 14.4. The number of rotatable bonds is 28. The number of Topliss-reactive ketones (excluding diaryl/α,β-unsaturated/α-hetero) is 3. The quantitative estimate of drug-likeness (QED) is 0.0532. The molecule has 3 aromatic carbocycles. The Hall–Kier alpha value is -5.49. The molecule has 71 heavy (non-hydrogen) atoms.